The van der Waals surface area contributed by atoms with Crippen LogP contribution < -0.4 is 0 Å². The number of likely N-dealkylation sites (N-methyl/N-ethyl adjacent to an activating group) is 1. The van der Waals surface area contributed by atoms with Crippen LogP contribution >= 0.6 is 0 Å². The molecule has 0 aliphatic rings. The van der Waals surface area contributed by atoms with Crippen molar-refractivity contribution in [1.29, 1.82) is 0 Å². The predicted molar refractivity (Wildman–Crippen MR) is 80.2 cm³/mol. The number of hydrogen-bond donors (Lipinski definition) is 2. The van der Waals surface area contributed by atoms with Crippen LogP contribution in [-0.2, 0) is 11.3 Å². The Morgan fingerprint density at radius 3 is 2.81 bits per heavy atom. The lowest BCUT2D eigenvalue weighted by Gasteiger charge is -2.18. The number of carboxylic acid groups (broad SMARTS) is 1. The highest BCUT2D eigenvalue weighted by molar-refractivity contribution is 5.80. The number of aryl methyl sites for hydroxylation is 1. The molecular formula is C15H21N3O3. The van der Waals surface area contributed by atoms with E-state index >= 15 is 0 Å². The van der Waals surface area contributed by atoms with Gasteiger partial charge in [0.1, 0.15) is 11.9 Å². The summed E-state index contributed by atoms with van der Waals surface area (Å²) in [7, 11) is 1.87. The van der Waals surface area contributed by atoms with E-state index in [9.17, 15) is 9.90 Å². The molecule has 0 fully saturated rings. The first-order chi connectivity index (χ1) is 9.93. The second-order valence-corrected chi connectivity index (χ2v) is 5.37. The minimum absolute atomic E-state index is 0.0598. The van der Waals surface area contributed by atoms with E-state index < -0.39 is 12.0 Å². The number of benzene rings is 1. The summed E-state index contributed by atoms with van der Waals surface area (Å²) < 4.78 is 1.75. The predicted octanol–water partition coefficient (Wildman–Crippen LogP) is 1.41. The Labute approximate surface area is 123 Å². The number of carboxylic acids is 1. The van der Waals surface area contributed by atoms with Gasteiger partial charge in [0.25, 0.3) is 0 Å². The number of imidazole rings is 1. The summed E-state index contributed by atoms with van der Waals surface area (Å²) in [6.07, 6.45) is 0. The standard InChI is InChI=1S/C15H21N3O3/c1-10-4-5-13-12(8-10)16-14(9-17(3)6-7-19)18(13)11(2)15(20)21/h4-5,8,11,19H,6-7,9H2,1-3H3,(H,20,21). The van der Waals surface area contributed by atoms with Crippen LogP contribution in [0.1, 0.15) is 24.4 Å². The number of aliphatic carboxylic acids is 1. The first-order valence-electron chi connectivity index (χ1n) is 6.93. The van der Waals surface area contributed by atoms with Crippen molar-refractivity contribution in [3.8, 4) is 0 Å². The van der Waals surface area contributed by atoms with Gasteiger partial charge in [-0.1, -0.05) is 6.07 Å². The third-order valence-corrected chi connectivity index (χ3v) is 3.56. The minimum Gasteiger partial charge on any atom is -0.480 e. The molecule has 0 aliphatic heterocycles. The Kier molecular flexibility index (Phi) is 4.59. The van der Waals surface area contributed by atoms with Crippen LogP contribution in [-0.4, -0.2) is 50.8 Å². The molecule has 6 heteroatoms. The second-order valence-electron chi connectivity index (χ2n) is 5.37. The SMILES string of the molecule is Cc1ccc2c(c1)nc(CN(C)CCO)n2C(C)C(=O)O. The molecule has 2 aromatic rings. The Morgan fingerprint density at radius 2 is 2.19 bits per heavy atom. The van der Waals surface area contributed by atoms with Crippen molar-refractivity contribution in [2.24, 2.45) is 0 Å². The maximum atomic E-state index is 11.4. The fraction of sp³-hybridized carbons (Fsp3) is 0.467. The lowest BCUT2D eigenvalue weighted by atomic mass is 10.2. The van der Waals surface area contributed by atoms with Gasteiger partial charge in [-0.2, -0.15) is 0 Å². The van der Waals surface area contributed by atoms with Crippen LogP contribution in [0.25, 0.3) is 11.0 Å². The number of fused-ring (bicyclic) bond motifs is 1. The molecule has 0 saturated carbocycles. The fourth-order valence-electron chi connectivity index (χ4n) is 2.40. The molecule has 2 N–H and O–H groups in total. The summed E-state index contributed by atoms with van der Waals surface area (Å²) in [4.78, 5) is 17.9. The van der Waals surface area contributed by atoms with Gasteiger partial charge in [-0.05, 0) is 38.6 Å². The summed E-state index contributed by atoms with van der Waals surface area (Å²) >= 11 is 0. The Hall–Kier alpha value is -1.92. The van der Waals surface area contributed by atoms with Crippen LogP contribution in [0.15, 0.2) is 18.2 Å². The molecule has 0 amide bonds. The van der Waals surface area contributed by atoms with Gasteiger partial charge in [0.2, 0.25) is 0 Å². The molecule has 6 nitrogen and oxygen atoms in total. The van der Waals surface area contributed by atoms with Gasteiger partial charge < -0.3 is 14.8 Å². The highest BCUT2D eigenvalue weighted by Crippen LogP contribution is 2.23. The molecular weight excluding hydrogens is 270 g/mol. The summed E-state index contributed by atoms with van der Waals surface area (Å²) in [5.41, 5.74) is 2.71. The number of nitrogens with zero attached hydrogens (tertiary/aromatic N) is 3. The van der Waals surface area contributed by atoms with Crippen molar-refractivity contribution in [3.63, 3.8) is 0 Å². The Balaban J connectivity index is 2.51. The number of hydrogen-bond acceptors (Lipinski definition) is 4. The highest BCUT2D eigenvalue weighted by atomic mass is 16.4. The quantitative estimate of drug-likeness (QED) is 0.841. The molecule has 114 valence electrons. The number of rotatable bonds is 6. The van der Waals surface area contributed by atoms with Crippen molar-refractivity contribution < 1.29 is 15.0 Å². The normalized spacial score (nSPS) is 13.0. The smallest absolute Gasteiger partial charge is 0.326 e. The molecule has 21 heavy (non-hydrogen) atoms. The molecule has 2 rings (SSSR count). The van der Waals surface area contributed by atoms with Gasteiger partial charge in [-0.25, -0.2) is 9.78 Å². The molecule has 0 aliphatic carbocycles. The Bertz CT molecular complexity index is 651. The van der Waals surface area contributed by atoms with E-state index in [-0.39, 0.29) is 6.61 Å². The average Bonchev–Trinajstić information content (AvgIpc) is 2.74. The van der Waals surface area contributed by atoms with Gasteiger partial charge in [0.15, 0.2) is 0 Å². The number of aromatic nitrogens is 2. The highest BCUT2D eigenvalue weighted by Gasteiger charge is 2.21. The van der Waals surface area contributed by atoms with E-state index in [4.69, 9.17) is 5.11 Å². The van der Waals surface area contributed by atoms with Gasteiger partial charge >= 0.3 is 5.97 Å². The zero-order valence-electron chi connectivity index (χ0n) is 12.6. The third kappa shape index (κ3) is 3.22. The van der Waals surface area contributed by atoms with Crippen LogP contribution in [0.4, 0.5) is 0 Å². The summed E-state index contributed by atoms with van der Waals surface area (Å²) in [6.45, 7) is 4.70. The molecule has 1 aromatic heterocycles. The number of aliphatic hydroxyl groups excluding tert-OH is 1. The van der Waals surface area contributed by atoms with E-state index in [1.807, 2.05) is 37.1 Å². The van der Waals surface area contributed by atoms with E-state index in [1.165, 1.54) is 0 Å². The van der Waals surface area contributed by atoms with Gasteiger partial charge in [0.05, 0.1) is 24.2 Å². The molecule has 1 unspecified atom stereocenters. The van der Waals surface area contributed by atoms with Crippen molar-refractivity contribution >= 4 is 17.0 Å². The first kappa shape index (κ1) is 15.5. The van der Waals surface area contributed by atoms with E-state index in [0.717, 1.165) is 16.6 Å². The van der Waals surface area contributed by atoms with Crippen molar-refractivity contribution in [1.82, 2.24) is 14.5 Å². The molecule has 0 bridgehead atoms. The zero-order valence-corrected chi connectivity index (χ0v) is 12.6. The average molecular weight is 291 g/mol. The topological polar surface area (TPSA) is 78.6 Å². The second kappa shape index (κ2) is 6.24. The fourth-order valence-corrected chi connectivity index (χ4v) is 2.40. The lowest BCUT2D eigenvalue weighted by molar-refractivity contribution is -0.140. The maximum Gasteiger partial charge on any atom is 0.326 e. The number of aliphatic hydroxyl groups is 1. The molecule has 1 heterocycles. The van der Waals surface area contributed by atoms with E-state index in [2.05, 4.69) is 4.98 Å². The summed E-state index contributed by atoms with van der Waals surface area (Å²) in [6, 6.07) is 5.13. The monoisotopic (exact) mass is 291 g/mol. The van der Waals surface area contributed by atoms with E-state index in [0.29, 0.717) is 18.9 Å². The molecule has 0 radical (unpaired) electrons. The summed E-state index contributed by atoms with van der Waals surface area (Å²) in [5, 5.41) is 18.3. The zero-order chi connectivity index (χ0) is 15.6. The molecule has 1 aromatic carbocycles. The van der Waals surface area contributed by atoms with Crippen molar-refractivity contribution in [2.45, 2.75) is 26.4 Å². The largest absolute Gasteiger partial charge is 0.480 e. The summed E-state index contributed by atoms with van der Waals surface area (Å²) in [5.74, 6) is -0.192. The Morgan fingerprint density at radius 1 is 1.48 bits per heavy atom. The lowest BCUT2D eigenvalue weighted by Crippen LogP contribution is -2.26. The third-order valence-electron chi connectivity index (χ3n) is 3.56. The van der Waals surface area contributed by atoms with Crippen LogP contribution in [0.5, 0.6) is 0 Å². The molecule has 0 saturated heterocycles. The van der Waals surface area contributed by atoms with Crippen LogP contribution in [0.3, 0.4) is 0 Å². The first-order valence-corrected chi connectivity index (χ1v) is 6.93. The van der Waals surface area contributed by atoms with Gasteiger partial charge in [-0.3, -0.25) is 4.90 Å². The van der Waals surface area contributed by atoms with Crippen molar-refractivity contribution in [2.75, 3.05) is 20.2 Å². The van der Waals surface area contributed by atoms with Crippen LogP contribution in [0.2, 0.25) is 0 Å². The van der Waals surface area contributed by atoms with Crippen molar-refractivity contribution in [3.05, 3.63) is 29.6 Å². The maximum absolute atomic E-state index is 11.4. The van der Waals surface area contributed by atoms with Gasteiger partial charge in [0, 0.05) is 6.54 Å². The number of carbonyl (C=O) groups is 1. The van der Waals surface area contributed by atoms with Gasteiger partial charge in [-0.15, -0.1) is 0 Å². The minimum atomic E-state index is -0.888. The molecule has 1 atom stereocenters. The van der Waals surface area contributed by atoms with E-state index in [1.54, 1.807) is 11.5 Å². The molecule has 0 spiro atoms. The van der Waals surface area contributed by atoms with Crippen LogP contribution in [0, 0.1) is 6.92 Å².